The Bertz CT molecular complexity index is 377. The van der Waals surface area contributed by atoms with E-state index in [-0.39, 0.29) is 29.9 Å². The van der Waals surface area contributed by atoms with Crippen LogP contribution in [-0.2, 0) is 14.3 Å². The van der Waals surface area contributed by atoms with Crippen LogP contribution in [0.3, 0.4) is 0 Å². The average molecular weight is 483 g/mol. The molecule has 0 atom stereocenters. The molecular formula is C19H38IN3O3. The molecule has 154 valence electrons. The number of hydrogen-bond donors (Lipinski definition) is 2. The van der Waals surface area contributed by atoms with Gasteiger partial charge in [0.25, 0.3) is 0 Å². The van der Waals surface area contributed by atoms with Crippen LogP contribution in [-0.4, -0.2) is 51.4 Å². The minimum atomic E-state index is -0.0803. The third-order valence-corrected chi connectivity index (χ3v) is 4.02. The number of guanidine groups is 1. The first kappa shape index (κ1) is 25.4. The van der Waals surface area contributed by atoms with Crippen LogP contribution < -0.4 is 10.6 Å². The molecule has 0 radical (unpaired) electrons. The number of carbonyl (C=O) groups excluding carboxylic acids is 1. The first-order valence-electron chi connectivity index (χ1n) is 10.0. The molecule has 1 aliphatic rings. The quantitative estimate of drug-likeness (QED) is 0.123. The largest absolute Gasteiger partial charge is 0.466 e. The summed E-state index contributed by atoms with van der Waals surface area (Å²) in [5, 5.41) is 6.64. The third-order valence-electron chi connectivity index (χ3n) is 4.02. The van der Waals surface area contributed by atoms with Crippen LogP contribution in [0.1, 0.15) is 65.2 Å². The molecule has 2 N–H and O–H groups in total. The van der Waals surface area contributed by atoms with Crippen molar-refractivity contribution in [2.75, 3.05) is 39.5 Å². The topological polar surface area (TPSA) is 72.0 Å². The van der Waals surface area contributed by atoms with Gasteiger partial charge in [-0.3, -0.25) is 9.79 Å². The number of esters is 1. The van der Waals surface area contributed by atoms with Gasteiger partial charge in [0.15, 0.2) is 5.96 Å². The number of unbranched alkanes of at least 4 members (excludes halogenated alkanes) is 3. The lowest BCUT2D eigenvalue weighted by molar-refractivity contribution is -0.143. The number of aliphatic imine (C=N–C) groups is 1. The molecule has 0 amide bonds. The Labute approximate surface area is 176 Å². The summed E-state index contributed by atoms with van der Waals surface area (Å²) >= 11 is 0. The fourth-order valence-electron chi connectivity index (χ4n) is 2.42. The van der Waals surface area contributed by atoms with E-state index in [1.54, 1.807) is 0 Å². The summed E-state index contributed by atoms with van der Waals surface area (Å²) < 4.78 is 10.5. The highest BCUT2D eigenvalue weighted by Crippen LogP contribution is 2.28. The van der Waals surface area contributed by atoms with E-state index in [9.17, 15) is 4.79 Å². The van der Waals surface area contributed by atoms with E-state index in [0.717, 1.165) is 76.8 Å². The van der Waals surface area contributed by atoms with Crippen molar-refractivity contribution in [3.8, 4) is 0 Å². The van der Waals surface area contributed by atoms with E-state index in [0.29, 0.717) is 13.0 Å². The van der Waals surface area contributed by atoms with Gasteiger partial charge in [0.1, 0.15) is 0 Å². The number of halogens is 1. The predicted octanol–water partition coefficient (Wildman–Crippen LogP) is 3.49. The maximum atomic E-state index is 11.2. The van der Waals surface area contributed by atoms with Crippen molar-refractivity contribution >= 4 is 35.9 Å². The molecule has 0 bridgehead atoms. The SMILES string of the molecule is CCNC(=NCCCOCC1CC1)NCCCCCCC(=O)OCC.I. The number of nitrogens with one attached hydrogen (secondary N) is 2. The Hall–Kier alpha value is -0.570. The van der Waals surface area contributed by atoms with Crippen LogP contribution in [0.2, 0.25) is 0 Å². The van der Waals surface area contributed by atoms with Crippen LogP contribution in [0.5, 0.6) is 0 Å². The first-order valence-corrected chi connectivity index (χ1v) is 10.0. The van der Waals surface area contributed by atoms with E-state index >= 15 is 0 Å². The summed E-state index contributed by atoms with van der Waals surface area (Å²) in [6.07, 6.45) is 8.36. The van der Waals surface area contributed by atoms with Crippen molar-refractivity contribution in [3.63, 3.8) is 0 Å². The average Bonchev–Trinajstić information content (AvgIpc) is 3.41. The van der Waals surface area contributed by atoms with Crippen LogP contribution >= 0.6 is 24.0 Å². The Kier molecular flexibility index (Phi) is 17.4. The maximum Gasteiger partial charge on any atom is 0.305 e. The molecule has 0 aliphatic heterocycles. The second kappa shape index (κ2) is 17.8. The lowest BCUT2D eigenvalue weighted by atomic mass is 10.1. The van der Waals surface area contributed by atoms with E-state index in [1.807, 2.05) is 6.92 Å². The van der Waals surface area contributed by atoms with Crippen LogP contribution in [0.15, 0.2) is 4.99 Å². The minimum Gasteiger partial charge on any atom is -0.466 e. The van der Waals surface area contributed by atoms with Gasteiger partial charge < -0.3 is 20.1 Å². The minimum absolute atomic E-state index is 0. The fourth-order valence-corrected chi connectivity index (χ4v) is 2.42. The van der Waals surface area contributed by atoms with Crippen molar-refractivity contribution in [2.45, 2.75) is 65.2 Å². The highest BCUT2D eigenvalue weighted by atomic mass is 127. The molecule has 0 aromatic heterocycles. The van der Waals surface area contributed by atoms with Gasteiger partial charge in [-0.2, -0.15) is 0 Å². The zero-order chi connectivity index (χ0) is 18.2. The van der Waals surface area contributed by atoms with Gasteiger partial charge in [-0.15, -0.1) is 24.0 Å². The predicted molar refractivity (Wildman–Crippen MR) is 117 cm³/mol. The van der Waals surface area contributed by atoms with Crippen LogP contribution in [0, 0.1) is 5.92 Å². The zero-order valence-electron chi connectivity index (χ0n) is 16.6. The Morgan fingerprint density at radius 1 is 1.08 bits per heavy atom. The molecule has 0 heterocycles. The lowest BCUT2D eigenvalue weighted by Crippen LogP contribution is -2.37. The molecule has 0 saturated heterocycles. The molecule has 0 aromatic rings. The van der Waals surface area contributed by atoms with E-state index in [1.165, 1.54) is 12.8 Å². The van der Waals surface area contributed by atoms with Gasteiger partial charge in [0.05, 0.1) is 6.61 Å². The van der Waals surface area contributed by atoms with Crippen LogP contribution in [0.25, 0.3) is 0 Å². The molecule has 6 nitrogen and oxygen atoms in total. The molecule has 26 heavy (non-hydrogen) atoms. The molecule has 1 saturated carbocycles. The molecule has 1 aliphatic carbocycles. The van der Waals surface area contributed by atoms with E-state index in [2.05, 4.69) is 22.5 Å². The fraction of sp³-hybridized carbons (Fsp3) is 0.895. The van der Waals surface area contributed by atoms with Gasteiger partial charge in [-0.25, -0.2) is 0 Å². The van der Waals surface area contributed by atoms with Gasteiger partial charge in [-0.1, -0.05) is 12.8 Å². The van der Waals surface area contributed by atoms with Crippen molar-refractivity contribution in [1.29, 1.82) is 0 Å². The van der Waals surface area contributed by atoms with Gasteiger partial charge >= 0.3 is 5.97 Å². The van der Waals surface area contributed by atoms with Crippen molar-refractivity contribution in [1.82, 2.24) is 10.6 Å². The maximum absolute atomic E-state index is 11.2. The summed E-state index contributed by atoms with van der Waals surface area (Å²) in [6, 6.07) is 0. The number of carbonyl (C=O) groups is 1. The van der Waals surface area contributed by atoms with Gasteiger partial charge in [-0.05, 0) is 51.9 Å². The van der Waals surface area contributed by atoms with Crippen molar-refractivity contribution in [3.05, 3.63) is 0 Å². The molecular weight excluding hydrogens is 445 g/mol. The second-order valence-electron chi connectivity index (χ2n) is 6.53. The molecule has 0 unspecified atom stereocenters. The summed E-state index contributed by atoms with van der Waals surface area (Å²) in [5.41, 5.74) is 0. The van der Waals surface area contributed by atoms with E-state index in [4.69, 9.17) is 9.47 Å². The number of nitrogens with zero attached hydrogens (tertiary/aromatic N) is 1. The summed E-state index contributed by atoms with van der Waals surface area (Å²) in [7, 11) is 0. The van der Waals surface area contributed by atoms with Crippen molar-refractivity contribution in [2.24, 2.45) is 10.9 Å². The summed E-state index contributed by atoms with van der Waals surface area (Å²) in [5.74, 6) is 1.64. The summed E-state index contributed by atoms with van der Waals surface area (Å²) in [4.78, 5) is 15.8. The number of hydrogen-bond acceptors (Lipinski definition) is 4. The van der Waals surface area contributed by atoms with Crippen molar-refractivity contribution < 1.29 is 14.3 Å². The zero-order valence-corrected chi connectivity index (χ0v) is 18.9. The monoisotopic (exact) mass is 483 g/mol. The second-order valence-corrected chi connectivity index (χ2v) is 6.53. The van der Waals surface area contributed by atoms with Crippen LogP contribution in [0.4, 0.5) is 0 Å². The lowest BCUT2D eigenvalue weighted by Gasteiger charge is -2.11. The number of ether oxygens (including phenoxy) is 2. The smallest absolute Gasteiger partial charge is 0.305 e. The summed E-state index contributed by atoms with van der Waals surface area (Å²) in [6.45, 7) is 8.69. The Balaban J connectivity index is 0.00000625. The highest BCUT2D eigenvalue weighted by Gasteiger charge is 2.20. The molecule has 7 heteroatoms. The molecule has 1 rings (SSSR count). The van der Waals surface area contributed by atoms with Gasteiger partial charge in [0, 0.05) is 39.3 Å². The highest BCUT2D eigenvalue weighted by molar-refractivity contribution is 14.0. The number of rotatable bonds is 15. The Morgan fingerprint density at radius 3 is 2.54 bits per heavy atom. The molecule has 0 aromatic carbocycles. The standard InChI is InChI=1S/C19H37N3O3.HI/c1-3-20-19(22-14-9-15-24-16-17-11-12-17)21-13-8-6-5-7-10-18(23)25-4-2;/h17H,3-16H2,1-2H3,(H2,20,21,22);1H. The van der Waals surface area contributed by atoms with Gasteiger partial charge in [0.2, 0.25) is 0 Å². The molecule has 1 fully saturated rings. The normalized spacial score (nSPS) is 13.8. The third kappa shape index (κ3) is 15.7. The first-order chi connectivity index (χ1) is 12.3. The van der Waals surface area contributed by atoms with E-state index < -0.39 is 0 Å². The Morgan fingerprint density at radius 2 is 1.85 bits per heavy atom. The molecule has 0 spiro atoms.